The number of aldehydes is 1. The molecule has 1 aliphatic heterocycles. The van der Waals surface area contributed by atoms with Gasteiger partial charge in [0.05, 0.1) is 52.9 Å². The van der Waals surface area contributed by atoms with E-state index in [1.54, 1.807) is 29.5 Å². The summed E-state index contributed by atoms with van der Waals surface area (Å²) in [4.78, 5) is 11.2. The van der Waals surface area contributed by atoms with Gasteiger partial charge >= 0.3 is 0 Å². The van der Waals surface area contributed by atoms with Gasteiger partial charge in [-0.15, -0.1) is 0 Å². The number of hydrogen-bond acceptors (Lipinski definition) is 10. The molecule has 1 aromatic heterocycles. The Labute approximate surface area is 273 Å². The molecule has 0 unspecified atom stereocenters. The van der Waals surface area contributed by atoms with E-state index in [2.05, 4.69) is 48.0 Å². The third-order valence-electron chi connectivity index (χ3n) is 6.95. The first-order valence-corrected chi connectivity index (χ1v) is 16.1. The topological polar surface area (TPSA) is 94.8 Å². The van der Waals surface area contributed by atoms with Crippen LogP contribution in [0.2, 0.25) is 0 Å². The van der Waals surface area contributed by atoms with Gasteiger partial charge in [0.15, 0.2) is 23.0 Å². The third-order valence-corrected chi connectivity index (χ3v) is 8.13. The van der Waals surface area contributed by atoms with Gasteiger partial charge in [0.25, 0.3) is 5.01 Å². The molecule has 0 amide bonds. The average Bonchev–Trinajstić information content (AvgIpc) is 3.40. The fourth-order valence-electron chi connectivity index (χ4n) is 4.61. The highest BCUT2D eigenvalue weighted by Gasteiger charge is 2.14. The molecule has 0 atom stereocenters. The van der Waals surface area contributed by atoms with E-state index in [-0.39, 0.29) is 0 Å². The van der Waals surface area contributed by atoms with E-state index in [1.807, 2.05) is 18.2 Å². The molecule has 46 heavy (non-hydrogen) atoms. The molecule has 4 aromatic rings. The number of hydrogen-bond donors (Lipinski definition) is 0. The zero-order chi connectivity index (χ0) is 31.8. The van der Waals surface area contributed by atoms with Gasteiger partial charge in [-0.05, 0) is 48.0 Å². The molecule has 2 heterocycles. The molecule has 11 heteroatoms. The molecule has 0 radical (unpaired) electrons. The van der Waals surface area contributed by atoms with Crippen molar-refractivity contribution in [2.75, 3.05) is 79.3 Å². The number of aryl methyl sites for hydroxylation is 1. The Morgan fingerprint density at radius 3 is 1.59 bits per heavy atom. The van der Waals surface area contributed by atoms with Crippen LogP contribution in [0, 0.1) is 0 Å². The van der Waals surface area contributed by atoms with Crippen molar-refractivity contribution in [3.8, 4) is 23.0 Å². The summed E-state index contributed by atoms with van der Waals surface area (Å²) in [5.41, 5.74) is 2.70. The number of carbonyl (C=O) groups excluding carboxylic acids is 1. The monoisotopic (exact) mass is 650 g/mol. The number of nitrogens with zero attached hydrogens (tertiary/aromatic N) is 1. The average molecular weight is 651 g/mol. The van der Waals surface area contributed by atoms with Crippen LogP contribution in [-0.4, -0.2) is 85.6 Å². The lowest BCUT2D eigenvalue weighted by Crippen LogP contribution is -2.28. The van der Waals surface area contributed by atoms with Crippen molar-refractivity contribution in [2.45, 2.75) is 0 Å². The summed E-state index contributed by atoms with van der Waals surface area (Å²) in [6.45, 7) is 4.50. The predicted molar refractivity (Wildman–Crippen MR) is 175 cm³/mol. The fourth-order valence-corrected chi connectivity index (χ4v) is 5.66. The first-order valence-electron chi connectivity index (χ1n) is 15.3. The summed E-state index contributed by atoms with van der Waals surface area (Å²) in [6, 6.07) is 19.3. The third kappa shape index (κ3) is 10.0. The summed E-state index contributed by atoms with van der Waals surface area (Å²) >= 11 is 1.75. The van der Waals surface area contributed by atoms with Crippen LogP contribution in [0.15, 0.2) is 60.7 Å². The second kappa shape index (κ2) is 18.2. The Morgan fingerprint density at radius 1 is 0.565 bits per heavy atom. The summed E-state index contributed by atoms with van der Waals surface area (Å²) in [6.07, 6.45) is 4.96. The van der Waals surface area contributed by atoms with Crippen molar-refractivity contribution in [2.24, 2.45) is 7.05 Å². The quantitative estimate of drug-likeness (QED) is 0.224. The molecule has 10 nitrogen and oxygen atoms in total. The standard InChI is InChI=1S/C35H40NO9S/c1-36-29-4-2-3-5-34(29)46-35(36)11-8-27-6-9-30-32(24-27)44-22-18-40-14-15-41-19-23-45-33-25-28(26-37)7-10-31(33)43-21-17-39-13-12-38-16-20-42-30/h2-11,24-26H,12-23H2,1H3/q+1/b11-8+. The lowest BCUT2D eigenvalue weighted by molar-refractivity contribution is -0.642. The molecule has 0 spiro atoms. The maximum atomic E-state index is 11.2. The number of benzene rings is 3. The Kier molecular flexibility index (Phi) is 13.2. The first-order chi connectivity index (χ1) is 22.7. The minimum absolute atomic E-state index is 0.296. The Bertz CT molecular complexity index is 1570. The van der Waals surface area contributed by atoms with Crippen molar-refractivity contribution in [1.29, 1.82) is 0 Å². The first kappa shape index (κ1) is 33.4. The number of rotatable bonds is 3. The number of aromatic nitrogens is 1. The second-order valence-electron chi connectivity index (χ2n) is 10.2. The lowest BCUT2D eigenvalue weighted by atomic mass is 10.2. The van der Waals surface area contributed by atoms with Crippen LogP contribution in [0.5, 0.6) is 23.0 Å². The highest BCUT2D eigenvalue weighted by atomic mass is 32.1. The van der Waals surface area contributed by atoms with E-state index in [1.165, 1.54) is 10.2 Å². The normalized spacial score (nSPS) is 16.5. The number of thiazole rings is 1. The van der Waals surface area contributed by atoms with Crippen molar-refractivity contribution < 1.29 is 47.3 Å². The molecular formula is C35H40NO9S+. The van der Waals surface area contributed by atoms with Gasteiger partial charge in [-0.2, -0.15) is 4.57 Å². The van der Waals surface area contributed by atoms with E-state index in [0.29, 0.717) is 108 Å². The van der Waals surface area contributed by atoms with Gasteiger partial charge in [-0.3, -0.25) is 4.79 Å². The van der Waals surface area contributed by atoms with Crippen LogP contribution < -0.4 is 23.5 Å². The molecule has 0 aliphatic carbocycles. The largest absolute Gasteiger partial charge is 0.487 e. The van der Waals surface area contributed by atoms with Crippen molar-refractivity contribution in [1.82, 2.24) is 0 Å². The zero-order valence-corrected chi connectivity index (χ0v) is 26.8. The van der Waals surface area contributed by atoms with Crippen LogP contribution in [0.3, 0.4) is 0 Å². The van der Waals surface area contributed by atoms with E-state index in [4.69, 9.17) is 37.9 Å². The van der Waals surface area contributed by atoms with Gasteiger partial charge < -0.3 is 37.9 Å². The van der Waals surface area contributed by atoms with Crippen LogP contribution in [0.25, 0.3) is 22.4 Å². The summed E-state index contributed by atoms with van der Waals surface area (Å²) in [7, 11) is 2.08. The highest BCUT2D eigenvalue weighted by Crippen LogP contribution is 2.30. The molecule has 244 valence electrons. The van der Waals surface area contributed by atoms with Crippen LogP contribution >= 0.6 is 11.3 Å². The van der Waals surface area contributed by atoms with Gasteiger partial charge in [-0.25, -0.2) is 0 Å². The van der Waals surface area contributed by atoms with Crippen molar-refractivity contribution >= 4 is 40.0 Å². The SMILES string of the molecule is C[n+]1c(/C=C/c2ccc3c(c2)OCCOCCOCCOc2cc(C=O)ccc2OCCOCCOCCO3)sc2ccccc21. The molecule has 0 saturated carbocycles. The maximum Gasteiger partial charge on any atom is 0.262 e. The van der Waals surface area contributed by atoms with Gasteiger partial charge in [-0.1, -0.05) is 29.5 Å². The zero-order valence-electron chi connectivity index (χ0n) is 26.0. The van der Waals surface area contributed by atoms with Crippen LogP contribution in [-0.2, 0) is 26.0 Å². The lowest BCUT2D eigenvalue weighted by Gasteiger charge is -2.15. The molecular weight excluding hydrogens is 610 g/mol. The van der Waals surface area contributed by atoms with E-state index >= 15 is 0 Å². The molecule has 0 bridgehead atoms. The van der Waals surface area contributed by atoms with Crippen molar-refractivity contribution in [3.05, 3.63) is 76.8 Å². The fraction of sp³-hybridized carbons (Fsp3) is 0.371. The predicted octanol–water partition coefficient (Wildman–Crippen LogP) is 5.00. The Morgan fingerprint density at radius 2 is 1.04 bits per heavy atom. The van der Waals surface area contributed by atoms with Gasteiger partial charge in [0, 0.05) is 17.7 Å². The molecule has 0 saturated heterocycles. The summed E-state index contributed by atoms with van der Waals surface area (Å²) in [5, 5.41) is 1.15. The van der Waals surface area contributed by atoms with Gasteiger partial charge in [0.1, 0.15) is 44.5 Å². The minimum atomic E-state index is 0.296. The smallest absolute Gasteiger partial charge is 0.262 e. The van der Waals surface area contributed by atoms with Crippen LogP contribution in [0.1, 0.15) is 20.9 Å². The molecule has 0 fully saturated rings. The minimum Gasteiger partial charge on any atom is -0.487 e. The highest BCUT2D eigenvalue weighted by molar-refractivity contribution is 7.18. The molecule has 5 rings (SSSR count). The summed E-state index contributed by atoms with van der Waals surface area (Å²) in [5.74, 6) is 2.29. The number of carbonyl (C=O) groups is 1. The number of ether oxygens (including phenoxy) is 8. The number of fused-ring (bicyclic) bond motifs is 3. The Balaban J connectivity index is 1.17. The van der Waals surface area contributed by atoms with Crippen LogP contribution in [0.4, 0.5) is 0 Å². The summed E-state index contributed by atoms with van der Waals surface area (Å²) < 4.78 is 49.9. The van der Waals surface area contributed by atoms with E-state index < -0.39 is 0 Å². The molecule has 3 aromatic carbocycles. The maximum absolute atomic E-state index is 11.2. The molecule has 0 N–H and O–H groups in total. The molecule has 1 aliphatic rings. The second-order valence-corrected chi connectivity index (χ2v) is 11.2. The Hall–Kier alpha value is -4.00. The van der Waals surface area contributed by atoms with Gasteiger partial charge in [0.2, 0.25) is 5.52 Å². The van der Waals surface area contributed by atoms with Crippen molar-refractivity contribution in [3.63, 3.8) is 0 Å². The van der Waals surface area contributed by atoms with E-state index in [9.17, 15) is 4.79 Å². The number of para-hydroxylation sites is 1. The van der Waals surface area contributed by atoms with E-state index in [0.717, 1.165) is 16.9 Å².